The van der Waals surface area contributed by atoms with Crippen molar-refractivity contribution in [3.8, 4) is 0 Å². The molecule has 0 spiro atoms. The van der Waals surface area contributed by atoms with E-state index in [0.717, 1.165) is 29.8 Å². The average molecular weight is 262 g/mol. The van der Waals surface area contributed by atoms with Crippen molar-refractivity contribution < 1.29 is 4.79 Å². The fourth-order valence-electron chi connectivity index (χ4n) is 2.42. The van der Waals surface area contributed by atoms with Gasteiger partial charge in [0, 0.05) is 18.2 Å². The largest absolute Gasteiger partial charge is 0.350 e. The molecule has 1 atom stereocenters. The van der Waals surface area contributed by atoms with Crippen molar-refractivity contribution in [2.75, 3.05) is 19.6 Å². The van der Waals surface area contributed by atoms with Crippen LogP contribution in [0.15, 0.2) is 18.2 Å². The number of carbonyl (C=O) groups is 1. The monoisotopic (exact) mass is 262 g/mol. The topological polar surface area (TPSA) is 32.3 Å². The molecule has 1 amide bonds. The minimum atomic E-state index is 0.0193. The molecule has 19 heavy (non-hydrogen) atoms. The zero-order valence-electron chi connectivity index (χ0n) is 12.8. The van der Waals surface area contributed by atoms with Crippen LogP contribution in [0.5, 0.6) is 0 Å². The van der Waals surface area contributed by atoms with Crippen LogP contribution in [-0.2, 0) is 0 Å². The van der Waals surface area contributed by atoms with Gasteiger partial charge in [0.2, 0.25) is 0 Å². The van der Waals surface area contributed by atoms with Gasteiger partial charge in [0.25, 0.3) is 5.91 Å². The summed E-state index contributed by atoms with van der Waals surface area (Å²) in [4.78, 5) is 14.5. The van der Waals surface area contributed by atoms with E-state index in [2.05, 4.69) is 37.1 Å². The van der Waals surface area contributed by atoms with Gasteiger partial charge < -0.3 is 5.32 Å². The first-order chi connectivity index (χ1) is 8.97. The number of amides is 1. The maximum atomic E-state index is 12.1. The molecule has 1 unspecified atom stereocenters. The normalized spacial score (nSPS) is 12.5. The first-order valence-electron chi connectivity index (χ1n) is 7.08. The molecule has 3 nitrogen and oxygen atoms in total. The van der Waals surface area contributed by atoms with Crippen LogP contribution in [0.1, 0.15) is 42.3 Å². The number of nitrogens with zero attached hydrogens (tertiary/aromatic N) is 1. The van der Waals surface area contributed by atoms with E-state index < -0.39 is 0 Å². The highest BCUT2D eigenvalue weighted by atomic mass is 16.1. The molecule has 0 saturated carbocycles. The van der Waals surface area contributed by atoms with Crippen LogP contribution >= 0.6 is 0 Å². The predicted octanol–water partition coefficient (Wildman–Crippen LogP) is 2.76. The highest BCUT2D eigenvalue weighted by molar-refractivity contribution is 5.94. The van der Waals surface area contributed by atoms with Crippen molar-refractivity contribution in [2.24, 2.45) is 0 Å². The Balaban J connectivity index is 2.60. The van der Waals surface area contributed by atoms with Crippen LogP contribution in [-0.4, -0.2) is 36.5 Å². The number of hydrogen-bond donors (Lipinski definition) is 1. The predicted molar refractivity (Wildman–Crippen MR) is 80.6 cm³/mol. The standard InChI is InChI=1S/C16H26N2O/c1-6-18(7-2)14(5)11-17-16(19)15-9-12(3)8-13(4)10-15/h8-10,14H,6-7,11H2,1-5H3,(H,17,19). The first-order valence-corrected chi connectivity index (χ1v) is 7.08. The maximum Gasteiger partial charge on any atom is 0.251 e. The van der Waals surface area contributed by atoms with Crippen LogP contribution in [0.4, 0.5) is 0 Å². The molecule has 0 aliphatic heterocycles. The molecule has 1 rings (SSSR count). The van der Waals surface area contributed by atoms with E-state index in [4.69, 9.17) is 0 Å². The van der Waals surface area contributed by atoms with E-state index in [1.165, 1.54) is 0 Å². The zero-order valence-corrected chi connectivity index (χ0v) is 12.8. The van der Waals surface area contributed by atoms with Gasteiger partial charge in [0.15, 0.2) is 0 Å². The summed E-state index contributed by atoms with van der Waals surface area (Å²) < 4.78 is 0. The number of aryl methyl sites for hydroxylation is 2. The van der Waals surface area contributed by atoms with E-state index in [9.17, 15) is 4.79 Å². The second-order valence-electron chi connectivity index (χ2n) is 5.16. The average Bonchev–Trinajstić information content (AvgIpc) is 2.36. The number of rotatable bonds is 6. The number of likely N-dealkylation sites (N-methyl/N-ethyl adjacent to an activating group) is 1. The lowest BCUT2D eigenvalue weighted by molar-refractivity contribution is 0.0938. The lowest BCUT2D eigenvalue weighted by Crippen LogP contribution is -2.42. The maximum absolute atomic E-state index is 12.1. The summed E-state index contributed by atoms with van der Waals surface area (Å²) in [6.45, 7) is 13.2. The van der Waals surface area contributed by atoms with E-state index in [-0.39, 0.29) is 5.91 Å². The quantitative estimate of drug-likeness (QED) is 0.855. The molecule has 1 N–H and O–H groups in total. The molecule has 0 radical (unpaired) electrons. The van der Waals surface area contributed by atoms with Crippen molar-refractivity contribution in [3.05, 3.63) is 34.9 Å². The summed E-state index contributed by atoms with van der Waals surface area (Å²) in [5.41, 5.74) is 3.01. The Hall–Kier alpha value is -1.35. The number of benzene rings is 1. The van der Waals surface area contributed by atoms with Gasteiger partial charge in [-0.25, -0.2) is 0 Å². The molecule has 1 aromatic rings. The SMILES string of the molecule is CCN(CC)C(C)CNC(=O)c1cc(C)cc(C)c1. The van der Waals surface area contributed by atoms with Gasteiger partial charge in [-0.1, -0.05) is 31.0 Å². The number of hydrogen-bond acceptors (Lipinski definition) is 2. The summed E-state index contributed by atoms with van der Waals surface area (Å²) in [5.74, 6) is 0.0193. The summed E-state index contributed by atoms with van der Waals surface area (Å²) >= 11 is 0. The van der Waals surface area contributed by atoms with E-state index in [0.29, 0.717) is 12.6 Å². The van der Waals surface area contributed by atoms with Gasteiger partial charge in [-0.05, 0) is 46.0 Å². The Morgan fingerprint density at radius 3 is 2.16 bits per heavy atom. The fourth-order valence-corrected chi connectivity index (χ4v) is 2.42. The minimum absolute atomic E-state index is 0.0193. The Morgan fingerprint density at radius 1 is 1.16 bits per heavy atom. The molecule has 3 heteroatoms. The molecule has 1 aromatic carbocycles. The second kappa shape index (κ2) is 7.29. The van der Waals surface area contributed by atoms with Crippen LogP contribution in [0, 0.1) is 13.8 Å². The van der Waals surface area contributed by atoms with Crippen molar-refractivity contribution in [1.82, 2.24) is 10.2 Å². The van der Waals surface area contributed by atoms with E-state index >= 15 is 0 Å². The first kappa shape index (κ1) is 15.7. The smallest absolute Gasteiger partial charge is 0.251 e. The Kier molecular flexibility index (Phi) is 6.03. The molecule has 0 aliphatic rings. The zero-order chi connectivity index (χ0) is 14.4. The van der Waals surface area contributed by atoms with Crippen molar-refractivity contribution in [3.63, 3.8) is 0 Å². The minimum Gasteiger partial charge on any atom is -0.350 e. The summed E-state index contributed by atoms with van der Waals surface area (Å²) in [5, 5.41) is 3.02. The third-order valence-electron chi connectivity index (χ3n) is 3.48. The van der Waals surface area contributed by atoms with Gasteiger partial charge in [-0.15, -0.1) is 0 Å². The number of carbonyl (C=O) groups excluding carboxylic acids is 1. The highest BCUT2D eigenvalue weighted by Crippen LogP contribution is 2.08. The van der Waals surface area contributed by atoms with Crippen LogP contribution in [0.25, 0.3) is 0 Å². The van der Waals surface area contributed by atoms with Crippen molar-refractivity contribution in [1.29, 1.82) is 0 Å². The van der Waals surface area contributed by atoms with Gasteiger partial charge in [0.05, 0.1) is 0 Å². The summed E-state index contributed by atoms with van der Waals surface area (Å²) in [7, 11) is 0. The van der Waals surface area contributed by atoms with Gasteiger partial charge in [0.1, 0.15) is 0 Å². The molecule has 0 heterocycles. The highest BCUT2D eigenvalue weighted by Gasteiger charge is 2.12. The van der Waals surface area contributed by atoms with Gasteiger partial charge in [-0.2, -0.15) is 0 Å². The molecule has 0 aromatic heterocycles. The third-order valence-corrected chi connectivity index (χ3v) is 3.48. The van der Waals surface area contributed by atoms with Gasteiger partial charge >= 0.3 is 0 Å². The summed E-state index contributed by atoms with van der Waals surface area (Å²) in [6, 6.07) is 6.31. The second-order valence-corrected chi connectivity index (χ2v) is 5.16. The molecule has 0 saturated heterocycles. The van der Waals surface area contributed by atoms with Crippen LogP contribution in [0.3, 0.4) is 0 Å². The lowest BCUT2D eigenvalue weighted by atomic mass is 10.1. The van der Waals surface area contributed by atoms with Crippen LogP contribution in [0.2, 0.25) is 0 Å². The molecule has 106 valence electrons. The summed E-state index contributed by atoms with van der Waals surface area (Å²) in [6.07, 6.45) is 0. The van der Waals surface area contributed by atoms with Crippen molar-refractivity contribution >= 4 is 5.91 Å². The van der Waals surface area contributed by atoms with E-state index in [1.54, 1.807) is 0 Å². The lowest BCUT2D eigenvalue weighted by Gasteiger charge is -2.26. The van der Waals surface area contributed by atoms with Gasteiger partial charge in [-0.3, -0.25) is 9.69 Å². The third kappa shape index (κ3) is 4.67. The molecule has 0 aliphatic carbocycles. The Bertz CT molecular complexity index is 405. The Labute approximate surface area is 117 Å². The van der Waals surface area contributed by atoms with Crippen LogP contribution < -0.4 is 5.32 Å². The van der Waals surface area contributed by atoms with E-state index in [1.807, 2.05) is 26.0 Å². The fraction of sp³-hybridized carbons (Fsp3) is 0.562. The Morgan fingerprint density at radius 2 is 1.68 bits per heavy atom. The molecular formula is C16H26N2O. The van der Waals surface area contributed by atoms with Crippen molar-refractivity contribution in [2.45, 2.75) is 40.7 Å². The molecular weight excluding hydrogens is 236 g/mol. The number of nitrogens with one attached hydrogen (secondary N) is 1. The molecule has 0 bridgehead atoms. The molecule has 0 fully saturated rings.